The summed E-state index contributed by atoms with van der Waals surface area (Å²) in [6.45, 7) is 3.42. The first-order chi connectivity index (χ1) is 7.61. The zero-order chi connectivity index (χ0) is 13.8. The first kappa shape index (κ1) is 15.5. The smallest absolute Gasteiger partial charge is 0.331 e. The Morgan fingerprint density at radius 2 is 1.71 bits per heavy atom. The van der Waals surface area contributed by atoms with Crippen LogP contribution in [-0.4, -0.2) is 39.5 Å². The molecule has 0 fully saturated rings. The van der Waals surface area contributed by atoms with E-state index in [-0.39, 0.29) is 12.3 Å². The predicted molar refractivity (Wildman–Crippen MR) is 59.2 cm³/mol. The van der Waals surface area contributed by atoms with E-state index < -0.39 is 35.7 Å². The zero-order valence-electron chi connectivity index (χ0n) is 9.84. The van der Waals surface area contributed by atoms with Gasteiger partial charge in [0.1, 0.15) is 0 Å². The van der Waals surface area contributed by atoms with E-state index in [1.54, 1.807) is 13.8 Å². The molecular formula is C10H18N2O5. The Morgan fingerprint density at radius 1 is 1.24 bits per heavy atom. The number of carboxylic acid groups (broad SMARTS) is 2. The van der Waals surface area contributed by atoms with Gasteiger partial charge in [-0.2, -0.15) is 0 Å². The van der Waals surface area contributed by atoms with E-state index in [0.29, 0.717) is 0 Å². The number of carbonyl (C=O) groups excluding carboxylic acids is 1. The van der Waals surface area contributed by atoms with Gasteiger partial charge in [0.15, 0.2) is 11.3 Å². The molecule has 0 spiro atoms. The highest BCUT2D eigenvalue weighted by Crippen LogP contribution is 2.18. The SMILES string of the molecule is CC(C)C[C@](N)(C(=O)O)C(=O)[C@@H](N)CC(=O)O. The van der Waals surface area contributed by atoms with Crippen LogP contribution in [0.1, 0.15) is 26.7 Å². The van der Waals surface area contributed by atoms with Crippen molar-refractivity contribution in [3.8, 4) is 0 Å². The number of hydrogen-bond donors (Lipinski definition) is 4. The summed E-state index contributed by atoms with van der Waals surface area (Å²) in [5, 5.41) is 17.5. The van der Waals surface area contributed by atoms with Gasteiger partial charge in [-0.1, -0.05) is 13.8 Å². The van der Waals surface area contributed by atoms with Gasteiger partial charge < -0.3 is 21.7 Å². The molecule has 2 atom stereocenters. The minimum Gasteiger partial charge on any atom is -0.481 e. The fourth-order valence-electron chi connectivity index (χ4n) is 1.55. The Hall–Kier alpha value is -1.47. The van der Waals surface area contributed by atoms with Gasteiger partial charge in [-0.05, 0) is 12.3 Å². The normalized spacial score (nSPS) is 16.3. The molecule has 7 nitrogen and oxygen atoms in total. The van der Waals surface area contributed by atoms with Crippen molar-refractivity contribution in [3.05, 3.63) is 0 Å². The Kier molecular flexibility index (Phi) is 5.24. The molecular weight excluding hydrogens is 228 g/mol. The van der Waals surface area contributed by atoms with Crippen molar-refractivity contribution in [1.29, 1.82) is 0 Å². The van der Waals surface area contributed by atoms with E-state index in [1.165, 1.54) is 0 Å². The van der Waals surface area contributed by atoms with Crippen LogP contribution in [0.3, 0.4) is 0 Å². The Bertz CT molecular complexity index is 329. The molecule has 6 N–H and O–H groups in total. The largest absolute Gasteiger partial charge is 0.481 e. The van der Waals surface area contributed by atoms with Gasteiger partial charge in [0.05, 0.1) is 12.5 Å². The molecule has 0 amide bonds. The molecule has 7 heteroatoms. The van der Waals surface area contributed by atoms with Crippen LogP contribution in [0.25, 0.3) is 0 Å². The topological polar surface area (TPSA) is 144 Å². The number of carbonyl (C=O) groups is 3. The molecule has 0 saturated heterocycles. The lowest BCUT2D eigenvalue weighted by Crippen LogP contribution is -2.61. The maximum atomic E-state index is 11.8. The summed E-state index contributed by atoms with van der Waals surface area (Å²) < 4.78 is 0. The van der Waals surface area contributed by atoms with E-state index in [0.717, 1.165) is 0 Å². The van der Waals surface area contributed by atoms with Gasteiger partial charge in [0.25, 0.3) is 0 Å². The van der Waals surface area contributed by atoms with Crippen molar-refractivity contribution in [2.45, 2.75) is 38.3 Å². The van der Waals surface area contributed by atoms with Crippen LogP contribution in [0.15, 0.2) is 0 Å². The summed E-state index contributed by atoms with van der Waals surface area (Å²) in [5.74, 6) is -3.85. The van der Waals surface area contributed by atoms with Crippen LogP contribution in [-0.2, 0) is 14.4 Å². The van der Waals surface area contributed by atoms with Crippen LogP contribution in [0, 0.1) is 5.92 Å². The highest BCUT2D eigenvalue weighted by molar-refractivity contribution is 6.10. The fourth-order valence-corrected chi connectivity index (χ4v) is 1.55. The van der Waals surface area contributed by atoms with E-state index in [4.69, 9.17) is 21.7 Å². The van der Waals surface area contributed by atoms with Crippen LogP contribution < -0.4 is 11.5 Å². The number of hydrogen-bond acceptors (Lipinski definition) is 5. The number of ketones is 1. The van der Waals surface area contributed by atoms with Crippen LogP contribution in [0.4, 0.5) is 0 Å². The molecule has 0 heterocycles. The van der Waals surface area contributed by atoms with Gasteiger partial charge in [-0.25, -0.2) is 4.79 Å². The van der Waals surface area contributed by atoms with Gasteiger partial charge >= 0.3 is 11.9 Å². The van der Waals surface area contributed by atoms with E-state index in [9.17, 15) is 14.4 Å². The minimum absolute atomic E-state index is 0.0888. The van der Waals surface area contributed by atoms with Gasteiger partial charge in [0, 0.05) is 0 Å². The van der Waals surface area contributed by atoms with Crippen LogP contribution >= 0.6 is 0 Å². The molecule has 0 aliphatic heterocycles. The third-order valence-electron chi connectivity index (χ3n) is 2.28. The van der Waals surface area contributed by atoms with Gasteiger partial charge in [-0.3, -0.25) is 9.59 Å². The molecule has 0 radical (unpaired) electrons. The predicted octanol–water partition coefficient (Wildman–Crippen LogP) is -0.814. The Balaban J connectivity index is 5.00. The second-order valence-electron chi connectivity index (χ2n) is 4.44. The molecule has 0 bridgehead atoms. The Labute approximate surface area is 98.8 Å². The lowest BCUT2D eigenvalue weighted by Gasteiger charge is -2.27. The molecule has 0 aromatic carbocycles. The second-order valence-corrected chi connectivity index (χ2v) is 4.44. The Morgan fingerprint density at radius 3 is 2.00 bits per heavy atom. The van der Waals surface area contributed by atoms with E-state index >= 15 is 0 Å². The number of nitrogens with two attached hydrogens (primary N) is 2. The van der Waals surface area contributed by atoms with Crippen molar-refractivity contribution < 1.29 is 24.6 Å². The van der Waals surface area contributed by atoms with Crippen molar-refractivity contribution in [2.24, 2.45) is 17.4 Å². The number of aliphatic carboxylic acids is 2. The molecule has 0 aromatic heterocycles. The summed E-state index contributed by atoms with van der Waals surface area (Å²) in [7, 11) is 0. The molecule has 0 aliphatic rings. The van der Waals surface area contributed by atoms with Crippen LogP contribution in [0.2, 0.25) is 0 Å². The highest BCUT2D eigenvalue weighted by atomic mass is 16.4. The van der Waals surface area contributed by atoms with Crippen molar-refractivity contribution in [1.82, 2.24) is 0 Å². The first-order valence-electron chi connectivity index (χ1n) is 5.15. The number of rotatable bonds is 7. The number of carboxylic acids is 2. The minimum atomic E-state index is -2.12. The molecule has 0 aromatic rings. The van der Waals surface area contributed by atoms with Gasteiger partial charge in [-0.15, -0.1) is 0 Å². The first-order valence-corrected chi connectivity index (χ1v) is 5.15. The molecule has 98 valence electrons. The van der Waals surface area contributed by atoms with Crippen LogP contribution in [0.5, 0.6) is 0 Å². The molecule has 0 rings (SSSR count). The van der Waals surface area contributed by atoms with Gasteiger partial charge in [0.2, 0.25) is 0 Å². The summed E-state index contributed by atoms with van der Waals surface area (Å²) in [6, 6.07) is -1.41. The third kappa shape index (κ3) is 4.12. The monoisotopic (exact) mass is 246 g/mol. The molecule has 0 saturated carbocycles. The quantitative estimate of drug-likeness (QED) is 0.430. The number of Topliss-reactive ketones (excluding diaryl/α,β-unsaturated/α-hetero) is 1. The fraction of sp³-hybridized carbons (Fsp3) is 0.700. The molecule has 17 heavy (non-hydrogen) atoms. The lowest BCUT2D eigenvalue weighted by molar-refractivity contribution is -0.151. The standard InChI is InChI=1S/C10H18N2O5/c1-5(2)4-10(12,9(16)17)8(15)6(11)3-7(13)14/h5-6H,3-4,11-12H2,1-2H3,(H,13,14)(H,16,17)/t6-,10+/m0/s1. The van der Waals surface area contributed by atoms with Crippen molar-refractivity contribution in [3.63, 3.8) is 0 Å². The van der Waals surface area contributed by atoms with E-state index in [1.807, 2.05) is 0 Å². The molecule has 0 unspecified atom stereocenters. The summed E-state index contributed by atoms with van der Waals surface area (Å²) >= 11 is 0. The maximum Gasteiger partial charge on any atom is 0.331 e. The summed E-state index contributed by atoms with van der Waals surface area (Å²) in [5.41, 5.74) is 8.76. The van der Waals surface area contributed by atoms with Crippen molar-refractivity contribution >= 4 is 17.7 Å². The highest BCUT2D eigenvalue weighted by Gasteiger charge is 2.45. The van der Waals surface area contributed by atoms with E-state index in [2.05, 4.69) is 0 Å². The summed E-state index contributed by atoms with van der Waals surface area (Å²) in [6.07, 6.45) is -0.725. The zero-order valence-corrected chi connectivity index (χ0v) is 9.84. The lowest BCUT2D eigenvalue weighted by atomic mass is 9.82. The summed E-state index contributed by atoms with van der Waals surface area (Å²) in [4.78, 5) is 33.2. The average Bonchev–Trinajstić information content (AvgIpc) is 2.13. The van der Waals surface area contributed by atoms with Crippen molar-refractivity contribution in [2.75, 3.05) is 0 Å². The third-order valence-corrected chi connectivity index (χ3v) is 2.28. The molecule has 0 aliphatic carbocycles. The average molecular weight is 246 g/mol. The second kappa shape index (κ2) is 5.74. The maximum absolute atomic E-state index is 11.8.